The van der Waals surface area contributed by atoms with Crippen LogP contribution in [0.25, 0.3) is 66.7 Å². The van der Waals surface area contributed by atoms with Crippen molar-refractivity contribution in [3.8, 4) is 51.6 Å². The number of nitrogens with one attached hydrogen (secondary N) is 6. The van der Waals surface area contributed by atoms with Crippen molar-refractivity contribution in [3.05, 3.63) is 326 Å². The SMILES string of the molecule is CC(C)c1ccc(COc2cc(C(=O)Cl)cc(C(=O)Cl)c2)cc1.CCONNC(=O)c1cc(CONNC(=O)c2ccc(C)c3ccccc23)cc(OCc2ccc(C(C)C)cc2)c1.Cc1nnc(-c2cc(OCc3ccc(C(C)C)cc3)cc(-c3nnc(-c4ccc(C)c5ccccc45)o3)c2)o1.NNC(=O)c1ccc(C(=O)NN)c2ccccc12. The van der Waals surface area contributed by atoms with E-state index in [0.717, 1.165) is 49.4 Å². The molecule has 0 aliphatic rings. The molecule has 0 saturated carbocycles. The number of nitrogens with two attached hydrogens (primary N) is 2. The molecule has 25 nitrogen and oxygen atoms in total. The number of fused-ring (bicyclic) bond motifs is 3. The highest BCUT2D eigenvalue weighted by Gasteiger charge is 2.21. The Balaban J connectivity index is 0.000000165. The molecule has 0 bridgehead atoms. The highest BCUT2D eigenvalue weighted by molar-refractivity contribution is 6.69. The highest BCUT2D eigenvalue weighted by Crippen LogP contribution is 2.36. The van der Waals surface area contributed by atoms with E-state index in [9.17, 15) is 28.8 Å². The van der Waals surface area contributed by atoms with Gasteiger partial charge in [-0.3, -0.25) is 60.1 Å². The first kappa shape index (κ1) is 88.5. The predicted octanol–water partition coefficient (Wildman–Crippen LogP) is 18.5. The summed E-state index contributed by atoms with van der Waals surface area (Å²) in [7, 11) is 0. The minimum absolute atomic E-state index is 0.0500. The van der Waals surface area contributed by atoms with Crippen LogP contribution in [-0.2, 0) is 36.1 Å². The first-order chi connectivity index (χ1) is 58.3. The number of hydrogen-bond donors (Lipinski definition) is 8. The number of aryl methyl sites for hydroxylation is 3. The van der Waals surface area contributed by atoms with Gasteiger partial charge in [-0.2, -0.15) is 0 Å². The maximum atomic E-state index is 12.8. The molecule has 2 aromatic heterocycles. The molecule has 14 aromatic rings. The van der Waals surface area contributed by atoms with Crippen molar-refractivity contribution < 1.29 is 61.5 Å². The smallest absolute Gasteiger partial charge is 0.267 e. The fourth-order valence-electron chi connectivity index (χ4n) is 12.8. The summed E-state index contributed by atoms with van der Waals surface area (Å²) < 4.78 is 29.8. The van der Waals surface area contributed by atoms with Gasteiger partial charge in [0.25, 0.3) is 34.1 Å². The number of carbonyl (C=O) groups is 6. The van der Waals surface area contributed by atoms with Crippen LogP contribution >= 0.6 is 23.2 Å². The Morgan fingerprint density at radius 1 is 0.372 bits per heavy atom. The largest absolute Gasteiger partial charge is 0.489 e. The number of rotatable bonds is 28. The Kier molecular flexibility index (Phi) is 31.0. The third-order valence-corrected chi connectivity index (χ3v) is 19.8. The number of nitrogen functional groups attached to an aromatic ring is 2. The van der Waals surface area contributed by atoms with Crippen LogP contribution in [0.2, 0.25) is 0 Å². The standard InChI is InChI=1S/C32H36N4O5.C32H28N4O3.C18H16Cl2O3.C12H12N4O2/c1-5-40-35-33-31(37)26-16-24(17-27(18-26)39-19-23-11-13-25(14-12-23)21(2)3)20-41-36-34-32(38)30-15-10-22(4)28-8-6-7-9-29(28)30;1-19(2)23-12-10-22(11-13-23)18-37-26-16-24(30-34-33-21(4)38-30)15-25(17-26)31-35-36-32(39-31)29-14-9-20(3)27-7-5-6-8-28(27)29;1-11(2)13-5-3-12(4-6-13)10-23-16-8-14(17(19)21)7-15(9-16)18(20)22;13-15-11(17)9-5-6-10(12(18)16-14)8-4-2-1-3-7(8)9/h6-18,21,35-36H,5,19-20H2,1-4H3,(H,33,37)(H,34,38);5-17,19H,18H2,1-4H3;3-9,11H,10H2,1-2H3;1-6H,13-14H2,(H,15,17)(H,16,18). The number of hydrogen-bond acceptors (Lipinski definition) is 21. The number of carbonyl (C=O) groups excluding carboxylic acids is 6. The van der Waals surface area contributed by atoms with Gasteiger partial charge in [0.15, 0.2) is 0 Å². The van der Waals surface area contributed by atoms with Crippen LogP contribution in [-0.4, -0.2) is 61.1 Å². The second-order valence-electron chi connectivity index (χ2n) is 28.9. The Morgan fingerprint density at radius 2 is 0.760 bits per heavy atom. The zero-order valence-electron chi connectivity index (χ0n) is 68.3. The molecule has 620 valence electrons. The summed E-state index contributed by atoms with van der Waals surface area (Å²) in [6.45, 7) is 22.1. The van der Waals surface area contributed by atoms with Gasteiger partial charge in [0.1, 0.15) is 37.1 Å². The number of benzene rings is 12. The van der Waals surface area contributed by atoms with E-state index < -0.39 is 28.2 Å². The van der Waals surface area contributed by atoms with E-state index >= 15 is 0 Å². The van der Waals surface area contributed by atoms with E-state index in [1.807, 2.05) is 97.9 Å². The van der Waals surface area contributed by atoms with Crippen LogP contribution in [0.3, 0.4) is 0 Å². The maximum absolute atomic E-state index is 12.8. The maximum Gasteiger partial charge on any atom is 0.267 e. The molecule has 14 rings (SSSR count). The lowest BCUT2D eigenvalue weighted by molar-refractivity contribution is 0.000577. The van der Waals surface area contributed by atoms with Gasteiger partial charge in [-0.25, -0.2) is 11.7 Å². The number of hydrazine groups is 4. The summed E-state index contributed by atoms with van der Waals surface area (Å²) in [4.78, 5) is 81.9. The minimum atomic E-state index is -0.670. The van der Waals surface area contributed by atoms with Crippen molar-refractivity contribution in [2.24, 2.45) is 11.7 Å². The first-order valence-corrected chi connectivity index (χ1v) is 39.6. The number of ether oxygens (including phenoxy) is 3. The second kappa shape index (κ2) is 42.4. The zero-order valence-corrected chi connectivity index (χ0v) is 69.8. The molecule has 4 amide bonds. The molecule has 12 aromatic carbocycles. The number of nitrogens with zero attached hydrogens (tertiary/aromatic N) is 4. The first-order valence-electron chi connectivity index (χ1n) is 38.8. The van der Waals surface area contributed by atoms with E-state index in [1.54, 1.807) is 62.4 Å². The van der Waals surface area contributed by atoms with Gasteiger partial charge in [-0.05, 0) is 223 Å². The van der Waals surface area contributed by atoms with Crippen LogP contribution in [0.4, 0.5) is 0 Å². The Bertz CT molecular complexity index is 5910. The van der Waals surface area contributed by atoms with Crippen molar-refractivity contribution in [3.63, 3.8) is 0 Å². The molecule has 0 aliphatic carbocycles. The summed E-state index contributed by atoms with van der Waals surface area (Å²) in [6, 6.07) is 73.7. The number of amides is 4. The molecule has 0 spiro atoms. The second-order valence-corrected chi connectivity index (χ2v) is 29.6. The third kappa shape index (κ3) is 23.8. The van der Waals surface area contributed by atoms with E-state index in [1.165, 1.54) is 52.6 Å². The predicted molar refractivity (Wildman–Crippen MR) is 467 cm³/mol. The monoisotopic (exact) mass is 1670 g/mol. The molecule has 0 radical (unpaired) electrons. The van der Waals surface area contributed by atoms with Crippen LogP contribution in [0.15, 0.2) is 245 Å². The molecule has 10 N–H and O–H groups in total. The van der Waals surface area contributed by atoms with Gasteiger partial charge in [0.05, 0.1) is 13.2 Å². The lowest BCUT2D eigenvalue weighted by atomic mass is 9.99. The lowest BCUT2D eigenvalue weighted by Crippen LogP contribution is -2.37. The van der Waals surface area contributed by atoms with Gasteiger partial charge in [0, 0.05) is 57.0 Å². The van der Waals surface area contributed by atoms with Crippen molar-refractivity contribution in [1.29, 1.82) is 0 Å². The van der Waals surface area contributed by atoms with Crippen LogP contribution in [0.1, 0.15) is 184 Å². The Labute approximate surface area is 709 Å². The highest BCUT2D eigenvalue weighted by atomic mass is 35.5. The fourth-order valence-corrected chi connectivity index (χ4v) is 13.0. The molecule has 0 aliphatic heterocycles. The quantitative estimate of drug-likeness (QED) is 0.00742. The van der Waals surface area contributed by atoms with Crippen molar-refractivity contribution in [2.75, 3.05) is 6.61 Å². The topological polar surface area (TPSA) is 351 Å². The average molecular weight is 1670 g/mol. The average Bonchev–Trinajstić information content (AvgIpc) is 1.77. The molecular formula is C94H92Cl2N12O13. The van der Waals surface area contributed by atoms with Crippen LogP contribution in [0, 0.1) is 20.8 Å². The Morgan fingerprint density at radius 3 is 1.22 bits per heavy atom. The molecule has 0 atom stereocenters. The van der Waals surface area contributed by atoms with Crippen molar-refractivity contribution in [2.45, 2.75) is 113 Å². The van der Waals surface area contributed by atoms with E-state index in [2.05, 4.69) is 168 Å². The summed E-state index contributed by atoms with van der Waals surface area (Å²) in [5.74, 6) is 13.3. The molecule has 0 saturated heterocycles. The molecule has 27 heteroatoms. The van der Waals surface area contributed by atoms with Crippen LogP contribution in [0.5, 0.6) is 17.2 Å². The van der Waals surface area contributed by atoms with Gasteiger partial charge in [-0.1, -0.05) is 199 Å². The third-order valence-electron chi connectivity index (χ3n) is 19.4. The van der Waals surface area contributed by atoms with Gasteiger partial charge in [-0.15, -0.1) is 31.6 Å². The molecule has 0 unspecified atom stereocenters. The van der Waals surface area contributed by atoms with Crippen molar-refractivity contribution >= 4 is 89.6 Å². The van der Waals surface area contributed by atoms with Crippen LogP contribution < -0.4 is 58.8 Å². The number of aromatic nitrogens is 4. The summed E-state index contributed by atoms with van der Waals surface area (Å²) >= 11 is 10.9. The Hall–Kier alpha value is -13.3. The minimum Gasteiger partial charge on any atom is -0.489 e. The normalized spacial score (nSPS) is 11.0. The van der Waals surface area contributed by atoms with Gasteiger partial charge in [0.2, 0.25) is 23.6 Å². The van der Waals surface area contributed by atoms with Gasteiger partial charge >= 0.3 is 0 Å². The van der Waals surface area contributed by atoms with Crippen molar-refractivity contribution in [1.82, 2.24) is 53.3 Å². The zero-order chi connectivity index (χ0) is 86.2. The van der Waals surface area contributed by atoms with E-state index in [-0.39, 0.29) is 23.6 Å². The lowest BCUT2D eigenvalue weighted by Gasteiger charge is -2.14. The molecule has 2 heterocycles. The molecule has 0 fully saturated rings. The number of halogens is 2. The fraction of sp³-hybridized carbons (Fsp3) is 0.191. The molecular weight excluding hydrogens is 1580 g/mol. The summed E-state index contributed by atoms with van der Waals surface area (Å²) in [6.07, 6.45) is 0. The summed E-state index contributed by atoms with van der Waals surface area (Å²) in [5, 5.41) is 21.0. The van der Waals surface area contributed by atoms with Gasteiger partial charge < -0.3 is 23.0 Å². The van der Waals surface area contributed by atoms with E-state index in [0.29, 0.717) is 135 Å². The van der Waals surface area contributed by atoms with E-state index in [4.69, 9.17) is 67.6 Å². The summed E-state index contributed by atoms with van der Waals surface area (Å²) in [5.41, 5.74) is 28.2. The molecule has 121 heavy (non-hydrogen) atoms.